The Bertz CT molecular complexity index is 424. The van der Waals surface area contributed by atoms with Gasteiger partial charge in [0, 0.05) is 13.1 Å². The number of rotatable bonds is 2. The highest BCUT2D eigenvalue weighted by Crippen LogP contribution is 2.14. The van der Waals surface area contributed by atoms with Gasteiger partial charge in [0.25, 0.3) is 0 Å². The Morgan fingerprint density at radius 1 is 1.19 bits per heavy atom. The maximum atomic E-state index is 4.51. The molecule has 82 valence electrons. The summed E-state index contributed by atoms with van der Waals surface area (Å²) in [5, 5.41) is 6.32. The predicted molar refractivity (Wildman–Crippen MR) is 64.1 cm³/mol. The first-order chi connectivity index (χ1) is 7.93. The molecule has 0 aromatic heterocycles. The van der Waals surface area contributed by atoms with Crippen molar-refractivity contribution < 1.29 is 0 Å². The van der Waals surface area contributed by atoms with Gasteiger partial charge in [-0.15, -0.1) is 0 Å². The molecule has 0 radical (unpaired) electrons. The van der Waals surface area contributed by atoms with Gasteiger partial charge in [0.2, 0.25) is 5.96 Å². The number of aliphatic imine (C=N–C) groups is 1. The minimum Gasteiger partial charge on any atom is -0.296 e. The fourth-order valence-electron chi connectivity index (χ4n) is 2.00. The van der Waals surface area contributed by atoms with Crippen molar-refractivity contribution in [3.63, 3.8) is 0 Å². The van der Waals surface area contributed by atoms with Gasteiger partial charge in [-0.05, 0) is 12.0 Å². The van der Waals surface area contributed by atoms with Crippen molar-refractivity contribution >= 4 is 12.3 Å². The number of fused-ring (bicyclic) bond motifs is 1. The third kappa shape index (κ3) is 1.66. The molecule has 4 nitrogen and oxygen atoms in total. The quantitative estimate of drug-likeness (QED) is 0.747. The standard InChI is InChI=1S/C12H14N4/c1-2-5-11(6-3-1)9-15-10-14-16-8-4-7-13-12(15)16/h1-3,5-6,10H,4,7-9H2. The summed E-state index contributed by atoms with van der Waals surface area (Å²) >= 11 is 0. The van der Waals surface area contributed by atoms with Crippen molar-refractivity contribution in [2.24, 2.45) is 10.1 Å². The van der Waals surface area contributed by atoms with Crippen LogP contribution in [-0.4, -0.2) is 35.3 Å². The first-order valence-corrected chi connectivity index (χ1v) is 5.60. The third-order valence-electron chi connectivity index (χ3n) is 2.80. The normalized spacial score (nSPS) is 18.6. The summed E-state index contributed by atoms with van der Waals surface area (Å²) in [5.41, 5.74) is 1.28. The van der Waals surface area contributed by atoms with Gasteiger partial charge in [-0.1, -0.05) is 30.3 Å². The summed E-state index contributed by atoms with van der Waals surface area (Å²) in [7, 11) is 0. The number of nitrogens with zero attached hydrogens (tertiary/aromatic N) is 4. The molecule has 0 unspecified atom stereocenters. The number of hydrogen-bond donors (Lipinski definition) is 0. The van der Waals surface area contributed by atoms with Crippen LogP contribution >= 0.6 is 0 Å². The van der Waals surface area contributed by atoms with Gasteiger partial charge >= 0.3 is 0 Å². The summed E-state index contributed by atoms with van der Waals surface area (Å²) in [5.74, 6) is 0.995. The molecule has 2 aliphatic heterocycles. The monoisotopic (exact) mass is 214 g/mol. The molecule has 0 saturated heterocycles. The van der Waals surface area contributed by atoms with Gasteiger partial charge in [-0.3, -0.25) is 9.89 Å². The SMILES string of the molecule is C1=NN2CCCN=C2N1Cc1ccccc1. The van der Waals surface area contributed by atoms with Crippen LogP contribution in [0.15, 0.2) is 40.4 Å². The van der Waals surface area contributed by atoms with Crippen LogP contribution in [0.5, 0.6) is 0 Å². The van der Waals surface area contributed by atoms with Crippen LogP contribution in [0.3, 0.4) is 0 Å². The van der Waals surface area contributed by atoms with Gasteiger partial charge in [-0.2, -0.15) is 5.10 Å². The summed E-state index contributed by atoms with van der Waals surface area (Å²) in [6.45, 7) is 2.75. The van der Waals surface area contributed by atoms with Crippen molar-refractivity contribution in [2.75, 3.05) is 13.1 Å². The van der Waals surface area contributed by atoms with Crippen LogP contribution in [0, 0.1) is 0 Å². The van der Waals surface area contributed by atoms with E-state index in [1.807, 2.05) is 17.4 Å². The molecule has 2 aliphatic rings. The lowest BCUT2D eigenvalue weighted by Crippen LogP contribution is -2.37. The molecule has 0 N–H and O–H groups in total. The smallest absolute Gasteiger partial charge is 0.223 e. The highest BCUT2D eigenvalue weighted by Gasteiger charge is 2.24. The first kappa shape index (κ1) is 9.39. The van der Waals surface area contributed by atoms with E-state index in [0.717, 1.165) is 32.0 Å². The second-order valence-electron chi connectivity index (χ2n) is 4.00. The Kier molecular flexibility index (Phi) is 2.33. The molecule has 0 spiro atoms. The molecule has 0 amide bonds. The molecule has 1 aromatic carbocycles. The van der Waals surface area contributed by atoms with Gasteiger partial charge in [-0.25, -0.2) is 5.01 Å². The third-order valence-corrected chi connectivity index (χ3v) is 2.80. The van der Waals surface area contributed by atoms with E-state index in [1.165, 1.54) is 5.56 Å². The van der Waals surface area contributed by atoms with Crippen molar-refractivity contribution in [3.05, 3.63) is 35.9 Å². The lowest BCUT2D eigenvalue weighted by molar-refractivity contribution is 0.397. The summed E-state index contributed by atoms with van der Waals surface area (Å²) < 4.78 is 0. The van der Waals surface area contributed by atoms with Crippen LogP contribution in [0.25, 0.3) is 0 Å². The van der Waals surface area contributed by atoms with Gasteiger partial charge in [0.15, 0.2) is 0 Å². The Morgan fingerprint density at radius 3 is 2.94 bits per heavy atom. The number of guanidine groups is 1. The first-order valence-electron chi connectivity index (χ1n) is 5.60. The van der Waals surface area contributed by atoms with E-state index in [0.29, 0.717) is 0 Å². The number of hydrogen-bond acceptors (Lipinski definition) is 4. The molecule has 1 aromatic rings. The van der Waals surface area contributed by atoms with E-state index < -0.39 is 0 Å². The molecule has 0 aliphatic carbocycles. The average Bonchev–Trinajstić information content (AvgIpc) is 2.74. The summed E-state index contributed by atoms with van der Waals surface area (Å²) in [6, 6.07) is 10.4. The molecule has 4 heteroatoms. The van der Waals surface area contributed by atoms with E-state index in [1.54, 1.807) is 0 Å². The molecular weight excluding hydrogens is 200 g/mol. The topological polar surface area (TPSA) is 31.2 Å². The second-order valence-corrected chi connectivity index (χ2v) is 4.00. The zero-order chi connectivity index (χ0) is 10.8. The van der Waals surface area contributed by atoms with Crippen LogP contribution in [0.1, 0.15) is 12.0 Å². The van der Waals surface area contributed by atoms with E-state index >= 15 is 0 Å². The molecule has 0 fully saturated rings. The molecular formula is C12H14N4. The Morgan fingerprint density at radius 2 is 2.06 bits per heavy atom. The second kappa shape index (κ2) is 3.96. The van der Waals surface area contributed by atoms with Crippen LogP contribution < -0.4 is 0 Å². The maximum Gasteiger partial charge on any atom is 0.223 e. The van der Waals surface area contributed by atoms with Crippen molar-refractivity contribution in [2.45, 2.75) is 13.0 Å². The van der Waals surface area contributed by atoms with E-state index in [9.17, 15) is 0 Å². The average molecular weight is 214 g/mol. The predicted octanol–water partition coefficient (Wildman–Crippen LogP) is 1.51. The highest BCUT2D eigenvalue weighted by atomic mass is 15.6. The number of benzene rings is 1. The largest absolute Gasteiger partial charge is 0.296 e. The Balaban J connectivity index is 1.77. The van der Waals surface area contributed by atoms with E-state index in [2.05, 4.69) is 39.3 Å². The fourth-order valence-corrected chi connectivity index (χ4v) is 2.00. The van der Waals surface area contributed by atoms with E-state index in [4.69, 9.17) is 0 Å². The molecule has 3 rings (SSSR count). The minimum atomic E-state index is 0.847. The van der Waals surface area contributed by atoms with Crippen LogP contribution in [0.2, 0.25) is 0 Å². The number of hydrazone groups is 1. The lowest BCUT2D eigenvalue weighted by Gasteiger charge is -2.24. The van der Waals surface area contributed by atoms with Gasteiger partial charge in [0.1, 0.15) is 6.34 Å². The van der Waals surface area contributed by atoms with Crippen molar-refractivity contribution in [1.82, 2.24) is 9.91 Å². The summed E-state index contributed by atoms with van der Waals surface area (Å²) in [4.78, 5) is 6.62. The molecule has 0 saturated carbocycles. The fraction of sp³-hybridized carbons (Fsp3) is 0.333. The lowest BCUT2D eigenvalue weighted by atomic mass is 10.2. The maximum absolute atomic E-state index is 4.51. The van der Waals surface area contributed by atoms with Crippen molar-refractivity contribution in [1.29, 1.82) is 0 Å². The zero-order valence-electron chi connectivity index (χ0n) is 9.08. The molecule has 2 heterocycles. The van der Waals surface area contributed by atoms with Gasteiger partial charge in [0.05, 0.1) is 6.54 Å². The van der Waals surface area contributed by atoms with Crippen LogP contribution in [0.4, 0.5) is 0 Å². The van der Waals surface area contributed by atoms with E-state index in [-0.39, 0.29) is 0 Å². The van der Waals surface area contributed by atoms with Crippen LogP contribution in [-0.2, 0) is 6.54 Å². The highest BCUT2D eigenvalue weighted by molar-refractivity contribution is 5.94. The minimum absolute atomic E-state index is 0.847. The summed E-state index contributed by atoms with van der Waals surface area (Å²) in [6.07, 6.45) is 2.97. The molecule has 0 atom stereocenters. The molecule has 16 heavy (non-hydrogen) atoms. The van der Waals surface area contributed by atoms with Gasteiger partial charge < -0.3 is 0 Å². The van der Waals surface area contributed by atoms with Crippen molar-refractivity contribution in [3.8, 4) is 0 Å². The Hall–Kier alpha value is -1.84. The zero-order valence-corrected chi connectivity index (χ0v) is 9.08. The Labute approximate surface area is 94.9 Å². The molecule has 0 bridgehead atoms.